The number of likely N-dealkylation sites (tertiary alicyclic amines) is 1. The Labute approximate surface area is 121 Å². The molecule has 1 aromatic rings. The summed E-state index contributed by atoms with van der Waals surface area (Å²) < 4.78 is 6.66. The predicted octanol–water partition coefficient (Wildman–Crippen LogP) is 2.02. The Morgan fingerprint density at radius 1 is 1.42 bits per heavy atom. The second kappa shape index (κ2) is 6.77. The average Bonchev–Trinajstić information content (AvgIpc) is 2.91. The molecule has 6 heteroatoms. The van der Waals surface area contributed by atoms with Crippen molar-refractivity contribution in [3.05, 3.63) is 28.2 Å². The fraction of sp³-hybridized carbons (Fsp3) is 0.462. The van der Waals surface area contributed by atoms with Crippen LogP contribution in [0.2, 0.25) is 0 Å². The zero-order chi connectivity index (χ0) is 13.7. The number of benzene rings is 1. The molecule has 0 aliphatic carbocycles. The second-order valence-corrected chi connectivity index (χ2v) is 5.44. The fourth-order valence-electron chi connectivity index (χ4n) is 2.17. The Morgan fingerprint density at radius 3 is 2.84 bits per heavy atom. The first-order chi connectivity index (χ1) is 9.20. The number of oxime groups is 1. The first-order valence-electron chi connectivity index (χ1n) is 6.33. The van der Waals surface area contributed by atoms with E-state index in [2.05, 4.69) is 26.0 Å². The molecular formula is C13H18BrN3O2. The van der Waals surface area contributed by atoms with Crippen LogP contribution in [0.1, 0.15) is 18.4 Å². The molecule has 0 unspecified atom stereocenters. The number of nitrogens with zero attached hydrogens (tertiary/aromatic N) is 2. The highest BCUT2D eigenvalue weighted by Gasteiger charge is 2.13. The van der Waals surface area contributed by atoms with Crippen molar-refractivity contribution < 1.29 is 9.94 Å². The molecule has 1 aromatic carbocycles. The number of ether oxygens (including phenoxy) is 1. The lowest BCUT2D eigenvalue weighted by atomic mass is 10.2. The van der Waals surface area contributed by atoms with Gasteiger partial charge in [-0.15, -0.1) is 0 Å². The van der Waals surface area contributed by atoms with Gasteiger partial charge in [0.15, 0.2) is 5.84 Å². The maximum Gasteiger partial charge on any atom is 0.173 e. The van der Waals surface area contributed by atoms with Gasteiger partial charge in [-0.1, -0.05) is 21.1 Å². The van der Waals surface area contributed by atoms with Gasteiger partial charge in [-0.3, -0.25) is 4.90 Å². The van der Waals surface area contributed by atoms with E-state index < -0.39 is 0 Å². The first-order valence-corrected chi connectivity index (χ1v) is 7.12. The number of amidine groups is 1. The van der Waals surface area contributed by atoms with Crippen molar-refractivity contribution in [3.8, 4) is 5.75 Å². The molecule has 0 aromatic heterocycles. The summed E-state index contributed by atoms with van der Waals surface area (Å²) in [6, 6.07) is 5.43. The molecule has 3 N–H and O–H groups in total. The molecule has 1 heterocycles. The maximum atomic E-state index is 8.77. The van der Waals surface area contributed by atoms with Crippen LogP contribution in [0.25, 0.3) is 0 Å². The van der Waals surface area contributed by atoms with Crippen LogP contribution in [-0.4, -0.2) is 42.2 Å². The Kier molecular flexibility index (Phi) is 5.04. The van der Waals surface area contributed by atoms with Crippen molar-refractivity contribution in [2.75, 3.05) is 26.2 Å². The summed E-state index contributed by atoms with van der Waals surface area (Å²) >= 11 is 3.39. The molecule has 0 amide bonds. The minimum atomic E-state index is 0.0590. The van der Waals surface area contributed by atoms with E-state index in [4.69, 9.17) is 15.7 Å². The summed E-state index contributed by atoms with van der Waals surface area (Å²) in [6.45, 7) is 3.80. The van der Waals surface area contributed by atoms with Gasteiger partial charge in [0.1, 0.15) is 12.4 Å². The molecule has 1 fully saturated rings. The van der Waals surface area contributed by atoms with Gasteiger partial charge in [0.25, 0.3) is 0 Å². The molecule has 0 atom stereocenters. The van der Waals surface area contributed by atoms with E-state index in [9.17, 15) is 0 Å². The van der Waals surface area contributed by atoms with Gasteiger partial charge in [-0.2, -0.15) is 0 Å². The summed E-state index contributed by atoms with van der Waals surface area (Å²) in [4.78, 5) is 2.38. The third-order valence-electron chi connectivity index (χ3n) is 3.19. The van der Waals surface area contributed by atoms with E-state index >= 15 is 0 Å². The Bertz CT molecular complexity index is 459. The summed E-state index contributed by atoms with van der Waals surface area (Å²) in [5.41, 5.74) is 6.24. The van der Waals surface area contributed by atoms with Crippen LogP contribution >= 0.6 is 15.9 Å². The molecule has 5 nitrogen and oxygen atoms in total. The number of hydrogen-bond donors (Lipinski definition) is 2. The van der Waals surface area contributed by atoms with Crippen LogP contribution in [0.3, 0.4) is 0 Å². The maximum absolute atomic E-state index is 8.77. The van der Waals surface area contributed by atoms with Crippen LogP contribution in [-0.2, 0) is 0 Å². The number of hydrogen-bond acceptors (Lipinski definition) is 4. The van der Waals surface area contributed by atoms with Crippen molar-refractivity contribution in [1.82, 2.24) is 4.90 Å². The molecule has 19 heavy (non-hydrogen) atoms. The third-order valence-corrected chi connectivity index (χ3v) is 3.68. The van der Waals surface area contributed by atoms with Gasteiger partial charge in [0, 0.05) is 11.0 Å². The van der Waals surface area contributed by atoms with E-state index in [1.807, 2.05) is 12.1 Å². The fourth-order valence-corrected chi connectivity index (χ4v) is 2.51. The molecule has 0 radical (unpaired) electrons. The lowest BCUT2D eigenvalue weighted by Gasteiger charge is -2.16. The van der Waals surface area contributed by atoms with E-state index in [0.29, 0.717) is 17.9 Å². The van der Waals surface area contributed by atoms with Crippen LogP contribution in [0.5, 0.6) is 5.75 Å². The van der Waals surface area contributed by atoms with Gasteiger partial charge in [-0.25, -0.2) is 0 Å². The molecule has 104 valence electrons. The average molecular weight is 328 g/mol. The topological polar surface area (TPSA) is 71.1 Å². The van der Waals surface area contributed by atoms with E-state index in [1.54, 1.807) is 6.07 Å². The van der Waals surface area contributed by atoms with Gasteiger partial charge >= 0.3 is 0 Å². The van der Waals surface area contributed by atoms with Crippen LogP contribution in [0.4, 0.5) is 0 Å². The molecule has 1 aliphatic heterocycles. The van der Waals surface area contributed by atoms with E-state index in [1.165, 1.54) is 12.8 Å². The monoisotopic (exact) mass is 327 g/mol. The van der Waals surface area contributed by atoms with E-state index in [0.717, 1.165) is 24.1 Å². The van der Waals surface area contributed by atoms with Crippen molar-refractivity contribution in [3.63, 3.8) is 0 Å². The SMILES string of the molecule is N/C(=N/O)c1ccc(Br)cc1OCCN1CCCC1. The molecule has 0 spiro atoms. The third kappa shape index (κ3) is 3.84. The largest absolute Gasteiger partial charge is 0.491 e. The van der Waals surface area contributed by atoms with Crippen molar-refractivity contribution in [2.45, 2.75) is 12.8 Å². The van der Waals surface area contributed by atoms with Gasteiger partial charge in [0.05, 0.1) is 5.56 Å². The Morgan fingerprint density at radius 2 is 2.16 bits per heavy atom. The number of halogens is 1. The molecule has 0 saturated carbocycles. The van der Waals surface area contributed by atoms with Gasteiger partial charge in [-0.05, 0) is 44.1 Å². The number of rotatable bonds is 5. The molecular weight excluding hydrogens is 310 g/mol. The van der Waals surface area contributed by atoms with E-state index in [-0.39, 0.29) is 5.84 Å². The van der Waals surface area contributed by atoms with Gasteiger partial charge < -0.3 is 15.7 Å². The Hall–Kier alpha value is -1.27. The highest BCUT2D eigenvalue weighted by atomic mass is 79.9. The predicted molar refractivity (Wildman–Crippen MR) is 77.8 cm³/mol. The quantitative estimate of drug-likeness (QED) is 0.375. The van der Waals surface area contributed by atoms with Crippen LogP contribution in [0.15, 0.2) is 27.8 Å². The van der Waals surface area contributed by atoms with Crippen LogP contribution < -0.4 is 10.5 Å². The highest BCUT2D eigenvalue weighted by molar-refractivity contribution is 9.10. The first kappa shape index (κ1) is 14.1. The summed E-state index contributed by atoms with van der Waals surface area (Å²) in [6.07, 6.45) is 2.54. The smallest absolute Gasteiger partial charge is 0.173 e. The summed E-state index contributed by atoms with van der Waals surface area (Å²) in [5, 5.41) is 11.8. The summed E-state index contributed by atoms with van der Waals surface area (Å²) in [7, 11) is 0. The lowest BCUT2D eigenvalue weighted by molar-refractivity contribution is 0.237. The number of nitrogens with two attached hydrogens (primary N) is 1. The molecule has 0 bridgehead atoms. The van der Waals surface area contributed by atoms with Crippen molar-refractivity contribution in [1.29, 1.82) is 0 Å². The van der Waals surface area contributed by atoms with Crippen molar-refractivity contribution in [2.24, 2.45) is 10.9 Å². The lowest BCUT2D eigenvalue weighted by Crippen LogP contribution is -2.25. The standard InChI is InChI=1S/C13H18BrN3O2/c14-10-3-4-11(13(15)16-18)12(9-10)19-8-7-17-5-1-2-6-17/h3-4,9,18H,1-2,5-8H2,(H2,15,16). The summed E-state index contributed by atoms with van der Waals surface area (Å²) in [5.74, 6) is 0.688. The Balaban J connectivity index is 1.99. The zero-order valence-electron chi connectivity index (χ0n) is 10.7. The second-order valence-electron chi connectivity index (χ2n) is 4.52. The zero-order valence-corrected chi connectivity index (χ0v) is 12.3. The minimum absolute atomic E-state index is 0.0590. The highest BCUT2D eigenvalue weighted by Crippen LogP contribution is 2.23. The minimum Gasteiger partial charge on any atom is -0.491 e. The van der Waals surface area contributed by atoms with Crippen molar-refractivity contribution >= 4 is 21.8 Å². The van der Waals surface area contributed by atoms with Gasteiger partial charge in [0.2, 0.25) is 0 Å². The van der Waals surface area contributed by atoms with Crippen LogP contribution in [0, 0.1) is 0 Å². The molecule has 1 saturated heterocycles. The normalized spacial score (nSPS) is 16.8. The molecule has 1 aliphatic rings. The molecule has 2 rings (SSSR count).